The fourth-order valence-electron chi connectivity index (χ4n) is 1.88. The average molecular weight is 309 g/mol. The zero-order chi connectivity index (χ0) is 15.0. The number of rotatable bonds is 2. The molecule has 1 aliphatic rings. The first kappa shape index (κ1) is 13.7. The van der Waals surface area contributed by atoms with Gasteiger partial charge in [0.25, 0.3) is 5.91 Å². The maximum Gasteiger partial charge on any atom is 0.586 e. The lowest BCUT2D eigenvalue weighted by molar-refractivity contribution is -0.286. The molecule has 2 aromatic rings. The van der Waals surface area contributed by atoms with E-state index in [1.54, 1.807) is 24.3 Å². The molecule has 108 valence electrons. The molecule has 0 saturated heterocycles. The van der Waals surface area contributed by atoms with E-state index in [9.17, 15) is 13.6 Å². The summed E-state index contributed by atoms with van der Waals surface area (Å²) in [6.07, 6.45) is -3.68. The minimum Gasteiger partial charge on any atom is -0.395 e. The Morgan fingerprint density at radius 3 is 2.62 bits per heavy atom. The molecular formula is C14H9F2NO3S. The first-order valence-corrected chi connectivity index (χ1v) is 6.38. The maximum atomic E-state index is 12.9. The summed E-state index contributed by atoms with van der Waals surface area (Å²) in [5.74, 6) is -0.576. The monoisotopic (exact) mass is 309 g/mol. The van der Waals surface area contributed by atoms with E-state index in [0.29, 0.717) is 16.1 Å². The largest absolute Gasteiger partial charge is 0.586 e. The van der Waals surface area contributed by atoms with Gasteiger partial charge in [-0.2, -0.15) is 0 Å². The van der Waals surface area contributed by atoms with Gasteiger partial charge in [0.15, 0.2) is 11.5 Å². The molecule has 7 heteroatoms. The van der Waals surface area contributed by atoms with Crippen LogP contribution >= 0.6 is 12.6 Å². The number of nitrogens with one attached hydrogen (secondary N) is 1. The van der Waals surface area contributed by atoms with Crippen molar-refractivity contribution < 1.29 is 23.0 Å². The van der Waals surface area contributed by atoms with Gasteiger partial charge in [0, 0.05) is 22.2 Å². The summed E-state index contributed by atoms with van der Waals surface area (Å²) in [5.41, 5.74) is 0.732. The van der Waals surface area contributed by atoms with Crippen LogP contribution in [-0.2, 0) is 0 Å². The molecular weight excluding hydrogens is 300 g/mol. The van der Waals surface area contributed by atoms with Gasteiger partial charge < -0.3 is 14.8 Å². The van der Waals surface area contributed by atoms with Crippen LogP contribution in [-0.4, -0.2) is 12.2 Å². The second kappa shape index (κ2) is 4.92. The number of ether oxygens (including phenoxy) is 2. The summed E-state index contributed by atoms with van der Waals surface area (Å²) < 4.78 is 34.4. The Kier molecular flexibility index (Phi) is 3.21. The zero-order valence-electron chi connectivity index (χ0n) is 10.5. The predicted octanol–water partition coefficient (Wildman–Crippen LogP) is 3.55. The third kappa shape index (κ3) is 2.92. The van der Waals surface area contributed by atoms with Crippen molar-refractivity contribution in [3.05, 3.63) is 48.0 Å². The summed E-state index contributed by atoms with van der Waals surface area (Å²) in [6, 6.07) is 10.7. The number of fused-ring (bicyclic) bond motifs is 1. The number of amides is 1. The van der Waals surface area contributed by atoms with E-state index in [-0.39, 0.29) is 17.4 Å². The molecule has 2 aromatic carbocycles. The molecule has 0 unspecified atom stereocenters. The van der Waals surface area contributed by atoms with Gasteiger partial charge >= 0.3 is 6.29 Å². The molecule has 4 nitrogen and oxygen atoms in total. The van der Waals surface area contributed by atoms with Crippen LogP contribution in [0.25, 0.3) is 0 Å². The van der Waals surface area contributed by atoms with Gasteiger partial charge in [-0.25, -0.2) is 0 Å². The second-order valence-electron chi connectivity index (χ2n) is 4.33. The van der Waals surface area contributed by atoms with Crippen LogP contribution in [0.15, 0.2) is 47.4 Å². The molecule has 0 bridgehead atoms. The van der Waals surface area contributed by atoms with Crippen molar-refractivity contribution in [2.75, 3.05) is 5.32 Å². The number of halogens is 2. The molecule has 1 amide bonds. The highest BCUT2D eigenvalue weighted by Gasteiger charge is 2.43. The SMILES string of the molecule is O=C(Nc1ccc2c(c1)OC(F)(F)O2)c1cccc(S)c1. The van der Waals surface area contributed by atoms with Crippen LogP contribution in [0.5, 0.6) is 11.5 Å². The highest BCUT2D eigenvalue weighted by molar-refractivity contribution is 7.80. The highest BCUT2D eigenvalue weighted by atomic mass is 32.1. The number of hydrogen-bond acceptors (Lipinski definition) is 4. The summed E-state index contributed by atoms with van der Waals surface area (Å²) in [4.78, 5) is 12.7. The summed E-state index contributed by atoms with van der Waals surface area (Å²) in [5, 5.41) is 2.59. The molecule has 0 saturated carbocycles. The van der Waals surface area contributed by atoms with Crippen molar-refractivity contribution in [2.24, 2.45) is 0 Å². The number of hydrogen-bond donors (Lipinski definition) is 2. The van der Waals surface area contributed by atoms with E-state index in [1.165, 1.54) is 18.2 Å². The Labute approximate surface area is 124 Å². The second-order valence-corrected chi connectivity index (χ2v) is 4.85. The van der Waals surface area contributed by atoms with E-state index < -0.39 is 6.29 Å². The number of carbonyl (C=O) groups is 1. The van der Waals surface area contributed by atoms with Crippen LogP contribution in [0.3, 0.4) is 0 Å². The Balaban J connectivity index is 1.79. The van der Waals surface area contributed by atoms with Gasteiger partial charge in [0.2, 0.25) is 0 Å². The van der Waals surface area contributed by atoms with E-state index in [4.69, 9.17) is 0 Å². The number of alkyl halides is 2. The molecule has 0 radical (unpaired) electrons. The number of thiol groups is 1. The Morgan fingerprint density at radius 1 is 1.10 bits per heavy atom. The molecule has 1 aliphatic heterocycles. The standard InChI is InChI=1S/C14H9F2NO3S/c15-14(16)19-11-5-4-9(7-12(11)20-14)17-13(18)8-2-1-3-10(21)6-8/h1-7,21H,(H,17,18). The number of anilines is 1. The van der Waals surface area contributed by atoms with Crippen molar-refractivity contribution in [1.82, 2.24) is 0 Å². The third-order valence-electron chi connectivity index (χ3n) is 2.77. The van der Waals surface area contributed by atoms with E-state index >= 15 is 0 Å². The van der Waals surface area contributed by atoms with Gasteiger partial charge in [-0.15, -0.1) is 21.4 Å². The summed E-state index contributed by atoms with van der Waals surface area (Å²) >= 11 is 4.15. The molecule has 0 aromatic heterocycles. The van der Waals surface area contributed by atoms with Crippen LogP contribution in [0, 0.1) is 0 Å². The fourth-order valence-corrected chi connectivity index (χ4v) is 2.10. The first-order valence-electron chi connectivity index (χ1n) is 5.93. The molecule has 1 heterocycles. The average Bonchev–Trinajstić information content (AvgIpc) is 2.72. The molecule has 1 N–H and O–H groups in total. The number of benzene rings is 2. The first-order chi connectivity index (χ1) is 9.93. The fraction of sp³-hybridized carbons (Fsp3) is 0.0714. The van der Waals surface area contributed by atoms with Crippen molar-refractivity contribution in [1.29, 1.82) is 0 Å². The lowest BCUT2D eigenvalue weighted by atomic mass is 10.2. The van der Waals surface area contributed by atoms with Crippen LogP contribution in [0.4, 0.5) is 14.5 Å². The van der Waals surface area contributed by atoms with Gasteiger partial charge in [-0.05, 0) is 30.3 Å². The molecule has 0 spiro atoms. The highest BCUT2D eigenvalue weighted by Crippen LogP contribution is 2.42. The minimum atomic E-state index is -3.68. The Morgan fingerprint density at radius 2 is 1.86 bits per heavy atom. The zero-order valence-corrected chi connectivity index (χ0v) is 11.4. The van der Waals surface area contributed by atoms with Gasteiger partial charge in [-0.3, -0.25) is 4.79 Å². The van der Waals surface area contributed by atoms with Gasteiger partial charge in [0.05, 0.1) is 0 Å². The van der Waals surface area contributed by atoms with E-state index in [1.807, 2.05) is 0 Å². The smallest absolute Gasteiger partial charge is 0.395 e. The molecule has 0 fully saturated rings. The van der Waals surface area contributed by atoms with E-state index in [2.05, 4.69) is 27.4 Å². The van der Waals surface area contributed by atoms with Crippen molar-refractivity contribution >= 4 is 24.2 Å². The molecule has 0 aliphatic carbocycles. The number of carbonyl (C=O) groups excluding carboxylic acids is 1. The third-order valence-corrected chi connectivity index (χ3v) is 3.05. The Hall–Kier alpha value is -2.28. The molecule has 3 rings (SSSR count). The normalized spacial score (nSPS) is 14.8. The van der Waals surface area contributed by atoms with Crippen molar-refractivity contribution in [2.45, 2.75) is 11.2 Å². The van der Waals surface area contributed by atoms with E-state index in [0.717, 1.165) is 0 Å². The maximum absolute atomic E-state index is 12.9. The molecule has 0 atom stereocenters. The van der Waals surface area contributed by atoms with Crippen LogP contribution < -0.4 is 14.8 Å². The molecule has 21 heavy (non-hydrogen) atoms. The van der Waals surface area contributed by atoms with Gasteiger partial charge in [-0.1, -0.05) is 6.07 Å². The predicted molar refractivity (Wildman–Crippen MR) is 74.3 cm³/mol. The lowest BCUT2D eigenvalue weighted by Crippen LogP contribution is -2.25. The topological polar surface area (TPSA) is 47.6 Å². The van der Waals surface area contributed by atoms with Crippen molar-refractivity contribution in [3.63, 3.8) is 0 Å². The van der Waals surface area contributed by atoms with Crippen molar-refractivity contribution in [3.8, 4) is 11.5 Å². The summed E-state index contributed by atoms with van der Waals surface area (Å²) in [7, 11) is 0. The minimum absolute atomic E-state index is 0.0737. The lowest BCUT2D eigenvalue weighted by Gasteiger charge is -2.06. The van der Waals surface area contributed by atoms with Gasteiger partial charge in [0.1, 0.15) is 0 Å². The quantitative estimate of drug-likeness (QED) is 0.834. The summed E-state index contributed by atoms with van der Waals surface area (Å²) in [6.45, 7) is 0. The van der Waals surface area contributed by atoms with Crippen LogP contribution in [0.2, 0.25) is 0 Å². The van der Waals surface area contributed by atoms with Crippen LogP contribution in [0.1, 0.15) is 10.4 Å². The Bertz CT molecular complexity index is 721.